The third-order valence-electron chi connectivity index (χ3n) is 3.28. The molecule has 2 rings (SSSR count). The minimum absolute atomic E-state index is 0.0737. The smallest absolute Gasteiger partial charge is 0.146 e. The zero-order chi connectivity index (χ0) is 13.8. The average Bonchev–Trinajstić information content (AvgIpc) is 2.80. The van der Waals surface area contributed by atoms with E-state index in [4.69, 9.17) is 11.6 Å². The van der Waals surface area contributed by atoms with Gasteiger partial charge in [0.1, 0.15) is 11.6 Å². The second kappa shape index (κ2) is 6.17. The van der Waals surface area contributed by atoms with Gasteiger partial charge in [-0.3, -0.25) is 0 Å². The number of halogens is 2. The van der Waals surface area contributed by atoms with Crippen LogP contribution < -0.4 is 5.32 Å². The number of aryl methyl sites for hydroxylation is 2. The maximum absolute atomic E-state index is 14.0. The van der Waals surface area contributed by atoms with Crippen molar-refractivity contribution in [1.29, 1.82) is 0 Å². The molecule has 0 aliphatic heterocycles. The molecule has 2 aromatic rings. The molecule has 0 radical (unpaired) electrons. The number of rotatable bonds is 5. The Bertz CT molecular complexity index is 553. The molecule has 3 nitrogen and oxygen atoms in total. The largest absolute Gasteiger partial charge is 0.338 e. The highest BCUT2D eigenvalue weighted by atomic mass is 35.5. The summed E-state index contributed by atoms with van der Waals surface area (Å²) >= 11 is 5.82. The molecule has 102 valence electrons. The van der Waals surface area contributed by atoms with E-state index in [1.165, 1.54) is 0 Å². The first-order chi connectivity index (χ1) is 9.13. The van der Waals surface area contributed by atoms with Crippen LogP contribution in [-0.4, -0.2) is 16.6 Å². The summed E-state index contributed by atoms with van der Waals surface area (Å²) in [6.07, 6.45) is 5.22. The van der Waals surface area contributed by atoms with Crippen LogP contribution in [0.2, 0.25) is 5.02 Å². The van der Waals surface area contributed by atoms with Crippen LogP contribution in [0, 0.1) is 5.82 Å². The van der Waals surface area contributed by atoms with Gasteiger partial charge < -0.3 is 9.88 Å². The van der Waals surface area contributed by atoms with E-state index in [9.17, 15) is 4.39 Å². The zero-order valence-corrected chi connectivity index (χ0v) is 11.8. The Morgan fingerprint density at radius 2 is 2.26 bits per heavy atom. The Balaban J connectivity index is 2.12. The lowest BCUT2D eigenvalue weighted by Crippen LogP contribution is -2.19. The monoisotopic (exact) mass is 281 g/mol. The number of benzene rings is 1. The van der Waals surface area contributed by atoms with Crippen LogP contribution in [-0.2, 0) is 13.5 Å². The first-order valence-electron chi connectivity index (χ1n) is 6.21. The Kier molecular flexibility index (Phi) is 4.56. The third-order valence-corrected chi connectivity index (χ3v) is 3.57. The molecule has 1 aromatic heterocycles. The summed E-state index contributed by atoms with van der Waals surface area (Å²) in [6, 6.07) is 5.02. The van der Waals surface area contributed by atoms with Gasteiger partial charge in [-0.1, -0.05) is 23.7 Å². The fourth-order valence-electron chi connectivity index (χ4n) is 2.16. The lowest BCUT2D eigenvalue weighted by Gasteiger charge is -2.17. The van der Waals surface area contributed by atoms with Gasteiger partial charge in [0, 0.05) is 37.5 Å². The molecule has 0 aliphatic carbocycles. The summed E-state index contributed by atoms with van der Waals surface area (Å²) in [5.41, 5.74) is 0.601. The standard InChI is InChI=1S/C14H17ClFN3/c1-17-12(6-7-13-18-8-9-19(13)2)10-4-3-5-11(15)14(10)16/h3-5,8-9,12,17H,6-7H2,1-2H3. The van der Waals surface area contributed by atoms with Crippen LogP contribution in [0.4, 0.5) is 4.39 Å². The van der Waals surface area contributed by atoms with Crippen molar-refractivity contribution in [1.82, 2.24) is 14.9 Å². The number of aromatic nitrogens is 2. The molecule has 1 aromatic carbocycles. The van der Waals surface area contributed by atoms with Crippen molar-refractivity contribution in [3.05, 3.63) is 52.8 Å². The SMILES string of the molecule is CNC(CCc1nccn1C)c1cccc(Cl)c1F. The van der Waals surface area contributed by atoms with Crippen LogP contribution in [0.5, 0.6) is 0 Å². The molecule has 1 N–H and O–H groups in total. The Hall–Kier alpha value is -1.39. The normalized spacial score (nSPS) is 12.6. The van der Waals surface area contributed by atoms with Gasteiger partial charge in [-0.15, -0.1) is 0 Å². The molecule has 5 heteroatoms. The minimum Gasteiger partial charge on any atom is -0.338 e. The molecular formula is C14H17ClFN3. The Morgan fingerprint density at radius 1 is 1.47 bits per heavy atom. The van der Waals surface area contributed by atoms with Gasteiger partial charge in [-0.2, -0.15) is 0 Å². The van der Waals surface area contributed by atoms with E-state index in [0.717, 1.165) is 18.7 Å². The quantitative estimate of drug-likeness (QED) is 0.913. The van der Waals surface area contributed by atoms with Crippen molar-refractivity contribution in [3.8, 4) is 0 Å². The second-order valence-electron chi connectivity index (χ2n) is 4.48. The first-order valence-corrected chi connectivity index (χ1v) is 6.58. The summed E-state index contributed by atoms with van der Waals surface area (Å²) in [7, 11) is 3.78. The molecule has 1 unspecified atom stereocenters. The topological polar surface area (TPSA) is 29.9 Å². The van der Waals surface area contributed by atoms with Crippen LogP contribution in [0.25, 0.3) is 0 Å². The summed E-state index contributed by atoms with van der Waals surface area (Å²) in [5, 5.41) is 3.29. The number of hydrogen-bond donors (Lipinski definition) is 1. The van der Waals surface area contributed by atoms with Gasteiger partial charge in [-0.25, -0.2) is 9.37 Å². The number of hydrogen-bond acceptors (Lipinski definition) is 2. The lowest BCUT2D eigenvalue weighted by molar-refractivity contribution is 0.501. The van der Waals surface area contributed by atoms with Crippen LogP contribution in [0.3, 0.4) is 0 Å². The molecule has 0 fully saturated rings. The van der Waals surface area contributed by atoms with Crippen LogP contribution in [0.1, 0.15) is 23.9 Å². The zero-order valence-electron chi connectivity index (χ0n) is 11.0. The van der Waals surface area contributed by atoms with E-state index in [2.05, 4.69) is 10.3 Å². The Labute approximate surface area is 117 Å². The van der Waals surface area contributed by atoms with Gasteiger partial charge in [0.15, 0.2) is 0 Å². The second-order valence-corrected chi connectivity index (χ2v) is 4.88. The van der Waals surface area contributed by atoms with Crippen molar-refractivity contribution < 1.29 is 4.39 Å². The van der Waals surface area contributed by atoms with Gasteiger partial charge in [0.2, 0.25) is 0 Å². The molecular weight excluding hydrogens is 265 g/mol. The van der Waals surface area contributed by atoms with E-state index in [-0.39, 0.29) is 16.9 Å². The molecule has 19 heavy (non-hydrogen) atoms. The molecule has 0 aliphatic rings. The van der Waals surface area contributed by atoms with E-state index in [1.807, 2.05) is 24.9 Å². The van der Waals surface area contributed by atoms with Crippen molar-refractivity contribution in [2.75, 3.05) is 7.05 Å². The first kappa shape index (κ1) is 14.0. The number of nitrogens with zero attached hydrogens (tertiary/aromatic N) is 2. The fourth-order valence-corrected chi connectivity index (χ4v) is 2.34. The van der Waals surface area contributed by atoms with Gasteiger partial charge in [0.05, 0.1) is 5.02 Å². The minimum atomic E-state index is -0.344. The highest BCUT2D eigenvalue weighted by molar-refractivity contribution is 6.30. The molecule has 0 bridgehead atoms. The van der Waals surface area contributed by atoms with Gasteiger partial charge in [0.25, 0.3) is 0 Å². The molecule has 0 amide bonds. The average molecular weight is 282 g/mol. The predicted octanol–water partition coefficient (Wildman–Crippen LogP) is 3.11. The van der Waals surface area contributed by atoms with Gasteiger partial charge >= 0.3 is 0 Å². The number of nitrogens with one attached hydrogen (secondary N) is 1. The van der Waals surface area contributed by atoms with Crippen LogP contribution >= 0.6 is 11.6 Å². The van der Waals surface area contributed by atoms with Crippen molar-refractivity contribution in [2.45, 2.75) is 18.9 Å². The maximum atomic E-state index is 14.0. The fraction of sp³-hybridized carbons (Fsp3) is 0.357. The van der Waals surface area contributed by atoms with E-state index < -0.39 is 0 Å². The Morgan fingerprint density at radius 3 is 2.89 bits per heavy atom. The van der Waals surface area contributed by atoms with Gasteiger partial charge in [-0.05, 0) is 19.5 Å². The van der Waals surface area contributed by atoms with Crippen LogP contribution in [0.15, 0.2) is 30.6 Å². The highest BCUT2D eigenvalue weighted by Crippen LogP contribution is 2.26. The summed E-state index contributed by atoms with van der Waals surface area (Å²) in [5.74, 6) is 0.644. The number of imidazole rings is 1. The molecule has 1 atom stereocenters. The molecule has 1 heterocycles. The van der Waals surface area contributed by atoms with E-state index in [0.29, 0.717) is 5.56 Å². The third kappa shape index (κ3) is 3.14. The summed E-state index contributed by atoms with van der Waals surface area (Å²) < 4.78 is 16.0. The van der Waals surface area contributed by atoms with E-state index in [1.54, 1.807) is 24.4 Å². The van der Waals surface area contributed by atoms with E-state index >= 15 is 0 Å². The van der Waals surface area contributed by atoms with Crippen molar-refractivity contribution in [2.24, 2.45) is 7.05 Å². The predicted molar refractivity (Wildman–Crippen MR) is 74.7 cm³/mol. The molecule has 0 saturated carbocycles. The lowest BCUT2D eigenvalue weighted by atomic mass is 10.0. The summed E-state index contributed by atoms with van der Waals surface area (Å²) in [4.78, 5) is 4.27. The highest BCUT2D eigenvalue weighted by Gasteiger charge is 2.16. The maximum Gasteiger partial charge on any atom is 0.146 e. The molecule has 0 spiro atoms. The van der Waals surface area contributed by atoms with Crippen molar-refractivity contribution >= 4 is 11.6 Å². The van der Waals surface area contributed by atoms with Crippen molar-refractivity contribution in [3.63, 3.8) is 0 Å². The summed E-state index contributed by atoms with van der Waals surface area (Å²) in [6.45, 7) is 0. The molecule has 0 saturated heterocycles.